The van der Waals surface area contributed by atoms with E-state index in [-0.39, 0.29) is 6.61 Å². The summed E-state index contributed by atoms with van der Waals surface area (Å²) >= 11 is 0. The number of amides is 1. The Hall–Kier alpha value is -3.48. The summed E-state index contributed by atoms with van der Waals surface area (Å²) in [4.78, 5) is 71.6. The molecule has 0 unspecified atom stereocenters. The standard InChI is InChI=1S/C16H19N3O10/c1-6(20)26-5-10-11(27-7(2)21)12(28-8(3)22)15(29-10)19-4-9(13(17)23)14(24)18-16(19)25/h4,10-12,15H,5H2,1-3H3,(H2,17,23)(H,18,24,25)/t10-,11+,12-,15-/m1/s1. The number of hydrogen-bond donors (Lipinski definition) is 2. The number of nitrogens with zero attached hydrogens (tertiary/aromatic N) is 1. The Morgan fingerprint density at radius 3 is 2.17 bits per heavy atom. The Labute approximate surface area is 162 Å². The van der Waals surface area contributed by atoms with Crippen LogP contribution in [0.2, 0.25) is 0 Å². The highest BCUT2D eigenvalue weighted by molar-refractivity contribution is 5.91. The molecule has 1 aromatic rings. The Morgan fingerprint density at radius 1 is 1.07 bits per heavy atom. The molecule has 0 radical (unpaired) electrons. The van der Waals surface area contributed by atoms with Gasteiger partial charge in [0.25, 0.3) is 11.5 Å². The molecule has 158 valence electrons. The van der Waals surface area contributed by atoms with Gasteiger partial charge in [-0.25, -0.2) is 4.79 Å². The van der Waals surface area contributed by atoms with Gasteiger partial charge in [-0.1, -0.05) is 0 Å². The summed E-state index contributed by atoms with van der Waals surface area (Å²) in [7, 11) is 0. The molecule has 1 aromatic heterocycles. The van der Waals surface area contributed by atoms with Crippen molar-refractivity contribution in [3.63, 3.8) is 0 Å². The van der Waals surface area contributed by atoms with Gasteiger partial charge in [-0.05, 0) is 0 Å². The molecule has 1 aliphatic heterocycles. The second-order valence-electron chi connectivity index (χ2n) is 6.09. The van der Waals surface area contributed by atoms with Gasteiger partial charge in [-0.2, -0.15) is 0 Å². The Balaban J connectivity index is 2.54. The van der Waals surface area contributed by atoms with Gasteiger partial charge in [-0.3, -0.25) is 33.5 Å². The van der Waals surface area contributed by atoms with Crippen molar-refractivity contribution in [1.29, 1.82) is 0 Å². The van der Waals surface area contributed by atoms with Gasteiger partial charge < -0.3 is 24.7 Å². The Kier molecular flexibility index (Phi) is 6.53. The number of aromatic nitrogens is 2. The average Bonchev–Trinajstić information content (AvgIpc) is 2.89. The first-order valence-electron chi connectivity index (χ1n) is 8.29. The molecule has 29 heavy (non-hydrogen) atoms. The number of primary amides is 1. The van der Waals surface area contributed by atoms with Crippen LogP contribution in [0.3, 0.4) is 0 Å². The van der Waals surface area contributed by atoms with Crippen molar-refractivity contribution in [1.82, 2.24) is 9.55 Å². The van der Waals surface area contributed by atoms with Crippen LogP contribution in [0.4, 0.5) is 0 Å². The molecular weight excluding hydrogens is 394 g/mol. The maximum atomic E-state index is 12.3. The monoisotopic (exact) mass is 413 g/mol. The maximum absolute atomic E-state index is 12.3. The van der Waals surface area contributed by atoms with Crippen molar-refractivity contribution in [3.05, 3.63) is 32.6 Å². The second-order valence-corrected chi connectivity index (χ2v) is 6.09. The number of hydrogen-bond acceptors (Lipinski definition) is 10. The van der Waals surface area contributed by atoms with Crippen molar-refractivity contribution in [3.8, 4) is 0 Å². The summed E-state index contributed by atoms with van der Waals surface area (Å²) < 4.78 is 21.6. The van der Waals surface area contributed by atoms with Crippen molar-refractivity contribution >= 4 is 23.8 Å². The third-order valence-corrected chi connectivity index (χ3v) is 3.85. The molecule has 1 fully saturated rings. The number of H-pyrrole nitrogens is 1. The number of nitrogens with two attached hydrogens (primary N) is 1. The van der Waals surface area contributed by atoms with Crippen LogP contribution in [-0.2, 0) is 33.3 Å². The van der Waals surface area contributed by atoms with E-state index in [2.05, 4.69) is 0 Å². The van der Waals surface area contributed by atoms with Gasteiger partial charge in [0.1, 0.15) is 18.3 Å². The van der Waals surface area contributed by atoms with E-state index in [4.69, 9.17) is 24.7 Å². The lowest BCUT2D eigenvalue weighted by Crippen LogP contribution is -2.43. The molecular formula is C16H19N3O10. The fraction of sp³-hybridized carbons (Fsp3) is 0.500. The highest BCUT2D eigenvalue weighted by Gasteiger charge is 2.51. The van der Waals surface area contributed by atoms with Gasteiger partial charge in [0.15, 0.2) is 18.4 Å². The summed E-state index contributed by atoms with van der Waals surface area (Å²) in [6, 6.07) is 0. The van der Waals surface area contributed by atoms with E-state index in [9.17, 15) is 28.8 Å². The van der Waals surface area contributed by atoms with E-state index in [1.54, 1.807) is 0 Å². The fourth-order valence-corrected chi connectivity index (χ4v) is 2.77. The Morgan fingerprint density at radius 2 is 1.66 bits per heavy atom. The van der Waals surface area contributed by atoms with Crippen molar-refractivity contribution in [2.24, 2.45) is 5.73 Å². The third kappa shape index (κ3) is 5.07. The highest BCUT2D eigenvalue weighted by atomic mass is 16.7. The molecule has 0 saturated carbocycles. The predicted molar refractivity (Wildman–Crippen MR) is 91.5 cm³/mol. The van der Waals surface area contributed by atoms with E-state index in [1.807, 2.05) is 4.98 Å². The molecule has 0 spiro atoms. The quantitative estimate of drug-likeness (QED) is 0.388. The van der Waals surface area contributed by atoms with E-state index < -0.39 is 65.2 Å². The first kappa shape index (κ1) is 21.8. The number of nitrogens with one attached hydrogen (secondary N) is 1. The molecule has 2 heterocycles. The molecule has 3 N–H and O–H groups in total. The molecule has 0 aromatic carbocycles. The topological polar surface area (TPSA) is 186 Å². The van der Waals surface area contributed by atoms with Crippen LogP contribution in [-0.4, -0.2) is 58.3 Å². The van der Waals surface area contributed by atoms with Crippen LogP contribution >= 0.6 is 0 Å². The molecule has 1 aliphatic rings. The minimum absolute atomic E-state index is 0.387. The van der Waals surface area contributed by atoms with Crippen LogP contribution in [0.25, 0.3) is 0 Å². The first-order valence-corrected chi connectivity index (χ1v) is 8.29. The minimum Gasteiger partial charge on any atom is -0.463 e. The first-order chi connectivity index (χ1) is 13.5. The zero-order valence-corrected chi connectivity index (χ0v) is 15.7. The summed E-state index contributed by atoms with van der Waals surface area (Å²) in [5, 5.41) is 0. The lowest BCUT2D eigenvalue weighted by Gasteiger charge is -2.24. The largest absolute Gasteiger partial charge is 0.463 e. The average molecular weight is 413 g/mol. The summed E-state index contributed by atoms with van der Waals surface area (Å²) in [5.74, 6) is -3.31. The van der Waals surface area contributed by atoms with E-state index in [1.165, 1.54) is 0 Å². The molecule has 4 atom stereocenters. The molecule has 13 nitrogen and oxygen atoms in total. The number of ether oxygens (including phenoxy) is 4. The third-order valence-electron chi connectivity index (χ3n) is 3.85. The summed E-state index contributed by atoms with van der Waals surface area (Å²) in [5.41, 5.74) is 2.55. The number of aromatic amines is 1. The van der Waals surface area contributed by atoms with Crippen LogP contribution < -0.4 is 17.0 Å². The van der Waals surface area contributed by atoms with Crippen LogP contribution in [0.5, 0.6) is 0 Å². The van der Waals surface area contributed by atoms with E-state index in [0.717, 1.165) is 31.5 Å². The van der Waals surface area contributed by atoms with Crippen LogP contribution in [0.1, 0.15) is 37.4 Å². The van der Waals surface area contributed by atoms with Crippen molar-refractivity contribution in [2.75, 3.05) is 6.61 Å². The number of carbonyl (C=O) groups is 4. The van der Waals surface area contributed by atoms with E-state index in [0.29, 0.717) is 0 Å². The smallest absolute Gasteiger partial charge is 0.330 e. The number of rotatable bonds is 6. The molecule has 1 saturated heterocycles. The fourth-order valence-electron chi connectivity index (χ4n) is 2.77. The highest BCUT2D eigenvalue weighted by Crippen LogP contribution is 2.33. The summed E-state index contributed by atoms with van der Waals surface area (Å²) in [6.45, 7) is 2.93. The van der Waals surface area contributed by atoms with Gasteiger partial charge in [0, 0.05) is 27.0 Å². The maximum Gasteiger partial charge on any atom is 0.330 e. The zero-order valence-electron chi connectivity index (χ0n) is 15.7. The summed E-state index contributed by atoms with van der Waals surface area (Å²) in [6.07, 6.45) is -4.32. The van der Waals surface area contributed by atoms with Crippen LogP contribution in [0.15, 0.2) is 15.8 Å². The molecule has 13 heteroatoms. The Bertz CT molecular complexity index is 949. The predicted octanol–water partition coefficient (Wildman–Crippen LogP) is -2.04. The zero-order chi connectivity index (χ0) is 21.9. The van der Waals surface area contributed by atoms with Gasteiger partial charge >= 0.3 is 23.6 Å². The lowest BCUT2D eigenvalue weighted by atomic mass is 10.1. The molecule has 0 bridgehead atoms. The molecule has 2 rings (SSSR count). The number of esters is 3. The lowest BCUT2D eigenvalue weighted by molar-refractivity contribution is -0.166. The van der Waals surface area contributed by atoms with Gasteiger partial charge in [-0.15, -0.1) is 0 Å². The van der Waals surface area contributed by atoms with Gasteiger partial charge in [0.2, 0.25) is 0 Å². The molecule has 1 amide bonds. The van der Waals surface area contributed by atoms with Crippen molar-refractivity contribution in [2.45, 2.75) is 45.3 Å². The SMILES string of the molecule is CC(=O)OC[C@H]1O[C@@H](n2cc(C(N)=O)c(=O)[nH]c2=O)[C@H](OC(C)=O)[C@H]1OC(C)=O. The number of carbonyl (C=O) groups excluding carboxylic acids is 4. The van der Waals surface area contributed by atoms with Gasteiger partial charge in [0.05, 0.1) is 0 Å². The van der Waals surface area contributed by atoms with Crippen molar-refractivity contribution < 1.29 is 38.1 Å². The van der Waals surface area contributed by atoms with Crippen LogP contribution in [0, 0.1) is 0 Å². The minimum atomic E-state index is -1.42. The molecule has 0 aliphatic carbocycles. The van der Waals surface area contributed by atoms with E-state index >= 15 is 0 Å². The normalized spacial score (nSPS) is 23.3. The second kappa shape index (κ2) is 8.68.